The van der Waals surface area contributed by atoms with Gasteiger partial charge in [-0.1, -0.05) is 6.58 Å². The van der Waals surface area contributed by atoms with Gasteiger partial charge in [0, 0.05) is 0 Å². The predicted molar refractivity (Wildman–Crippen MR) is 22.0 cm³/mol. The standard InChI is InChI=1S/C4H4O2/c1-4(6)2-3-5/h2,6H,1H2. The molecule has 0 atom stereocenters. The molecular formula is C4H4O2. The van der Waals surface area contributed by atoms with Crippen LogP contribution in [0.1, 0.15) is 0 Å². The largest absolute Gasteiger partial charge is 0.508 e. The molecule has 0 aromatic carbocycles. The van der Waals surface area contributed by atoms with Gasteiger partial charge in [0.05, 0.1) is 6.08 Å². The van der Waals surface area contributed by atoms with Gasteiger partial charge in [-0.3, -0.25) is 0 Å². The number of hydrogen-bond donors (Lipinski definition) is 1. The average Bonchev–Trinajstić information content (AvgIpc) is 1.35. The van der Waals surface area contributed by atoms with Crippen LogP contribution in [-0.2, 0) is 4.79 Å². The zero-order valence-electron chi connectivity index (χ0n) is 3.14. The van der Waals surface area contributed by atoms with Crippen LogP contribution in [0.25, 0.3) is 0 Å². The molecule has 0 amide bonds. The van der Waals surface area contributed by atoms with Gasteiger partial charge < -0.3 is 5.11 Å². The lowest BCUT2D eigenvalue weighted by atomic mass is 10.6. The molecule has 0 aliphatic rings. The Bertz CT molecular complexity index is 98.1. The van der Waals surface area contributed by atoms with Crippen LogP contribution in [0.5, 0.6) is 0 Å². The molecule has 0 saturated heterocycles. The zero-order valence-corrected chi connectivity index (χ0v) is 3.14. The maximum absolute atomic E-state index is 9.21. The number of rotatable bonds is 1. The molecule has 0 aromatic heterocycles. The summed E-state index contributed by atoms with van der Waals surface area (Å²) < 4.78 is 0. The van der Waals surface area contributed by atoms with Crippen molar-refractivity contribution in [2.75, 3.05) is 0 Å². The van der Waals surface area contributed by atoms with Crippen molar-refractivity contribution in [3.8, 4) is 0 Å². The summed E-state index contributed by atoms with van der Waals surface area (Å²) in [7, 11) is 0. The number of hydrogen-bond acceptors (Lipinski definition) is 2. The third kappa shape index (κ3) is 2.99. The van der Waals surface area contributed by atoms with Crippen LogP contribution >= 0.6 is 0 Å². The Morgan fingerprint density at radius 2 is 2.50 bits per heavy atom. The molecule has 32 valence electrons. The van der Waals surface area contributed by atoms with E-state index in [2.05, 4.69) is 6.58 Å². The molecule has 2 nitrogen and oxygen atoms in total. The highest BCUT2D eigenvalue weighted by Gasteiger charge is 1.68. The second-order valence-electron chi connectivity index (χ2n) is 0.754. The fraction of sp³-hybridized carbons (Fsp3) is 0. The minimum absolute atomic E-state index is 0.259. The lowest BCUT2D eigenvalue weighted by molar-refractivity contribution is 0.435. The molecule has 0 spiro atoms. The van der Waals surface area contributed by atoms with E-state index < -0.39 is 0 Å². The van der Waals surface area contributed by atoms with Crippen LogP contribution in [0.15, 0.2) is 18.4 Å². The molecule has 0 saturated carbocycles. The second kappa shape index (κ2) is 2.24. The van der Waals surface area contributed by atoms with Gasteiger partial charge in [0.15, 0.2) is 0 Å². The van der Waals surface area contributed by atoms with Crippen molar-refractivity contribution in [3.05, 3.63) is 18.4 Å². The molecule has 0 unspecified atom stereocenters. The second-order valence-corrected chi connectivity index (χ2v) is 0.754. The normalized spacial score (nSPS) is 6.00. The first kappa shape index (κ1) is 4.99. The van der Waals surface area contributed by atoms with Gasteiger partial charge in [-0.25, -0.2) is 4.79 Å². The molecule has 0 aromatic rings. The lowest BCUT2D eigenvalue weighted by Crippen LogP contribution is -1.63. The summed E-state index contributed by atoms with van der Waals surface area (Å²) in [6.45, 7) is 2.98. The van der Waals surface area contributed by atoms with Crippen molar-refractivity contribution in [1.82, 2.24) is 0 Å². The Kier molecular flexibility index (Phi) is 1.86. The summed E-state index contributed by atoms with van der Waals surface area (Å²) in [4.78, 5) is 9.21. The Morgan fingerprint density at radius 1 is 2.00 bits per heavy atom. The lowest BCUT2D eigenvalue weighted by Gasteiger charge is -1.71. The monoisotopic (exact) mass is 84.0 g/mol. The molecule has 0 fully saturated rings. The highest BCUT2D eigenvalue weighted by molar-refractivity contribution is 5.49. The Labute approximate surface area is 35.4 Å². The molecule has 0 heterocycles. The van der Waals surface area contributed by atoms with Crippen LogP contribution < -0.4 is 0 Å². The van der Waals surface area contributed by atoms with E-state index in [-0.39, 0.29) is 5.76 Å². The minimum Gasteiger partial charge on any atom is -0.508 e. The summed E-state index contributed by atoms with van der Waals surface area (Å²) in [5.41, 5.74) is 0. The Balaban J connectivity index is 3.60. The highest BCUT2D eigenvalue weighted by atomic mass is 16.3. The van der Waals surface area contributed by atoms with Crippen LogP contribution in [0.3, 0.4) is 0 Å². The number of allylic oxidation sites excluding steroid dienone is 1. The first-order valence-electron chi connectivity index (χ1n) is 1.36. The van der Waals surface area contributed by atoms with Crippen LogP contribution in [-0.4, -0.2) is 11.0 Å². The van der Waals surface area contributed by atoms with Crippen LogP contribution in [0, 0.1) is 0 Å². The van der Waals surface area contributed by atoms with Crippen molar-refractivity contribution < 1.29 is 9.90 Å². The molecule has 6 heavy (non-hydrogen) atoms. The molecule has 0 bridgehead atoms. The average molecular weight is 84.1 g/mol. The quantitative estimate of drug-likeness (QED) is 0.284. The smallest absolute Gasteiger partial charge is 0.128 e. The van der Waals surface area contributed by atoms with Gasteiger partial charge in [0.2, 0.25) is 0 Å². The number of carbonyl (C=O) groups excluding carboxylic acids is 1. The predicted octanol–water partition coefficient (Wildman–Crippen LogP) is 0.446. The van der Waals surface area contributed by atoms with E-state index in [9.17, 15) is 4.79 Å². The Morgan fingerprint density at radius 3 is 2.50 bits per heavy atom. The fourth-order valence-electron chi connectivity index (χ4n) is 0.0680. The maximum Gasteiger partial charge on any atom is 0.128 e. The molecule has 2 heteroatoms. The number of aliphatic hydroxyl groups excluding tert-OH is 1. The number of aliphatic hydroxyl groups is 1. The van der Waals surface area contributed by atoms with E-state index in [0.717, 1.165) is 6.08 Å². The fourth-order valence-corrected chi connectivity index (χ4v) is 0.0680. The van der Waals surface area contributed by atoms with E-state index in [1.807, 2.05) is 0 Å². The molecule has 1 N–H and O–H groups in total. The maximum atomic E-state index is 9.21. The molecule has 0 aliphatic carbocycles. The van der Waals surface area contributed by atoms with Gasteiger partial charge >= 0.3 is 0 Å². The molecule has 0 rings (SSSR count). The summed E-state index contributed by atoms with van der Waals surface area (Å²) >= 11 is 0. The van der Waals surface area contributed by atoms with Gasteiger partial charge in [0.25, 0.3) is 0 Å². The van der Waals surface area contributed by atoms with E-state index in [4.69, 9.17) is 5.11 Å². The summed E-state index contributed by atoms with van der Waals surface area (Å²) in [6, 6.07) is 0. The van der Waals surface area contributed by atoms with Gasteiger partial charge in [-0.15, -0.1) is 0 Å². The van der Waals surface area contributed by atoms with Crippen LogP contribution in [0.2, 0.25) is 0 Å². The third-order valence-corrected chi connectivity index (χ3v) is 0.226. The topological polar surface area (TPSA) is 37.3 Å². The molecule has 0 radical (unpaired) electrons. The van der Waals surface area contributed by atoms with Crippen molar-refractivity contribution in [3.63, 3.8) is 0 Å². The van der Waals surface area contributed by atoms with Crippen molar-refractivity contribution in [1.29, 1.82) is 0 Å². The van der Waals surface area contributed by atoms with Crippen molar-refractivity contribution >= 4 is 5.94 Å². The molecular weight excluding hydrogens is 80.0 g/mol. The first-order chi connectivity index (χ1) is 2.77. The van der Waals surface area contributed by atoms with Crippen LogP contribution in [0.4, 0.5) is 0 Å². The zero-order chi connectivity index (χ0) is 4.99. The van der Waals surface area contributed by atoms with E-state index in [1.54, 1.807) is 0 Å². The van der Waals surface area contributed by atoms with Gasteiger partial charge in [-0.2, -0.15) is 0 Å². The van der Waals surface area contributed by atoms with E-state index >= 15 is 0 Å². The summed E-state index contributed by atoms with van der Waals surface area (Å²) in [6.07, 6.45) is 0.847. The van der Waals surface area contributed by atoms with Crippen molar-refractivity contribution in [2.24, 2.45) is 0 Å². The van der Waals surface area contributed by atoms with Gasteiger partial charge in [0.1, 0.15) is 11.7 Å². The highest BCUT2D eigenvalue weighted by Crippen LogP contribution is 1.74. The van der Waals surface area contributed by atoms with E-state index in [1.165, 1.54) is 5.94 Å². The Hall–Kier alpha value is -1.01. The first-order valence-corrected chi connectivity index (χ1v) is 1.36. The minimum atomic E-state index is -0.259. The summed E-state index contributed by atoms with van der Waals surface area (Å²) in [5.74, 6) is 1.08. The van der Waals surface area contributed by atoms with Gasteiger partial charge in [-0.05, 0) is 0 Å². The SMILES string of the molecule is C=C(O)C=C=O. The van der Waals surface area contributed by atoms with Crippen molar-refractivity contribution in [2.45, 2.75) is 0 Å². The summed E-state index contributed by atoms with van der Waals surface area (Å²) in [5, 5.41) is 8.04. The third-order valence-electron chi connectivity index (χ3n) is 0.226. The van der Waals surface area contributed by atoms with E-state index in [0.29, 0.717) is 0 Å². The molecule has 0 aliphatic heterocycles.